The van der Waals surface area contributed by atoms with Crippen LogP contribution in [-0.4, -0.2) is 13.3 Å². The Morgan fingerprint density at radius 3 is 2.40 bits per heavy atom. The highest BCUT2D eigenvalue weighted by molar-refractivity contribution is 14.1. The lowest BCUT2D eigenvalue weighted by molar-refractivity contribution is -0.388. The summed E-state index contributed by atoms with van der Waals surface area (Å²) in [6, 6.07) is 1.57. The maximum Gasteiger partial charge on any atom is 0.319 e. The van der Waals surface area contributed by atoms with Crippen molar-refractivity contribution >= 4 is 48.0 Å². The van der Waals surface area contributed by atoms with E-state index in [-0.39, 0.29) is 3.57 Å². The first kappa shape index (κ1) is 12.6. The lowest BCUT2D eigenvalue weighted by atomic mass is 10.3. The van der Waals surface area contributed by atoms with E-state index in [1.54, 1.807) is 0 Å². The van der Waals surface area contributed by atoms with Gasteiger partial charge in [0, 0.05) is 10.7 Å². The van der Waals surface area contributed by atoms with Crippen molar-refractivity contribution in [2.24, 2.45) is 0 Å². The molecule has 0 aliphatic carbocycles. The molecule has 0 bridgehead atoms. The highest BCUT2D eigenvalue weighted by atomic mass is 127. The van der Waals surface area contributed by atoms with Crippen molar-refractivity contribution in [1.82, 2.24) is 0 Å². The van der Waals surface area contributed by atoms with Gasteiger partial charge in [-0.05, 0) is 34.7 Å². The minimum absolute atomic E-state index is 0.340. The summed E-state index contributed by atoms with van der Waals surface area (Å²) in [6.07, 6.45) is 0. The average molecular weight is 366 g/mol. The van der Waals surface area contributed by atoms with Gasteiger partial charge < -0.3 is 0 Å². The Morgan fingerprint density at radius 2 is 2.00 bits per heavy atom. The van der Waals surface area contributed by atoms with Crippen LogP contribution in [0.3, 0.4) is 0 Å². The van der Waals surface area contributed by atoms with Gasteiger partial charge in [0.05, 0.1) is 4.92 Å². The fourth-order valence-corrected chi connectivity index (χ4v) is 3.70. The first-order valence-electron chi connectivity index (χ1n) is 3.32. The van der Waals surface area contributed by atoms with Gasteiger partial charge in [-0.2, -0.15) is 4.39 Å². The van der Waals surface area contributed by atoms with Crippen LogP contribution in [0.4, 0.5) is 10.1 Å². The summed E-state index contributed by atoms with van der Waals surface area (Å²) in [5, 5.41) is 10.4. The molecule has 0 fully saturated rings. The van der Waals surface area contributed by atoms with E-state index < -0.39 is 30.4 Å². The molecule has 0 heterocycles. The Hall–Kier alpha value is -0.480. The van der Waals surface area contributed by atoms with Crippen molar-refractivity contribution in [3.63, 3.8) is 0 Å². The molecule has 9 heteroatoms. The average Bonchev–Trinajstić information content (AvgIpc) is 2.00. The summed E-state index contributed by atoms with van der Waals surface area (Å²) >= 11 is 1.36. The van der Waals surface area contributed by atoms with Crippen molar-refractivity contribution in [3.8, 4) is 0 Å². The second-order valence-electron chi connectivity index (χ2n) is 2.40. The quantitative estimate of drug-likeness (QED) is 0.349. The molecule has 1 rings (SSSR count). The lowest BCUT2D eigenvalue weighted by Gasteiger charge is -2.01. The van der Waals surface area contributed by atoms with E-state index in [4.69, 9.17) is 10.7 Å². The number of nitro benzene ring substituents is 1. The van der Waals surface area contributed by atoms with E-state index in [9.17, 15) is 22.9 Å². The van der Waals surface area contributed by atoms with Crippen molar-refractivity contribution in [3.05, 3.63) is 31.6 Å². The Bertz CT molecular complexity index is 532. The SMILES string of the molecule is O=[N+]([O-])c1c(F)ccc(S(=O)(=O)Cl)c1I. The molecular weight excluding hydrogens is 363 g/mol. The predicted octanol–water partition coefficient (Wildman–Crippen LogP) is 2.27. The van der Waals surface area contributed by atoms with Crippen molar-refractivity contribution in [1.29, 1.82) is 0 Å². The molecule has 0 unspecified atom stereocenters. The number of rotatable bonds is 2. The van der Waals surface area contributed by atoms with Gasteiger partial charge in [0.2, 0.25) is 5.82 Å². The summed E-state index contributed by atoms with van der Waals surface area (Å²) in [5.74, 6) is -1.10. The van der Waals surface area contributed by atoms with E-state index in [0.717, 1.165) is 6.07 Å². The molecule has 0 radical (unpaired) electrons. The molecule has 0 aromatic heterocycles. The van der Waals surface area contributed by atoms with Crippen LogP contribution >= 0.6 is 33.3 Å². The van der Waals surface area contributed by atoms with Crippen LogP contribution in [0.1, 0.15) is 0 Å². The van der Waals surface area contributed by atoms with Gasteiger partial charge in [-0.15, -0.1) is 0 Å². The number of benzene rings is 1. The van der Waals surface area contributed by atoms with Gasteiger partial charge in [0.1, 0.15) is 8.47 Å². The van der Waals surface area contributed by atoms with Gasteiger partial charge in [-0.25, -0.2) is 8.42 Å². The van der Waals surface area contributed by atoms with E-state index in [1.165, 1.54) is 22.6 Å². The Balaban J connectivity index is 3.64. The van der Waals surface area contributed by atoms with Crippen LogP contribution in [-0.2, 0) is 9.05 Å². The maximum atomic E-state index is 13.0. The number of nitro groups is 1. The molecule has 0 saturated carbocycles. The fraction of sp³-hybridized carbons (Fsp3) is 0. The third-order valence-corrected chi connectivity index (χ3v) is 4.30. The summed E-state index contributed by atoms with van der Waals surface area (Å²) in [5.41, 5.74) is -0.891. The number of hydrogen-bond acceptors (Lipinski definition) is 4. The molecule has 0 amide bonds. The normalized spacial score (nSPS) is 11.4. The molecule has 1 aromatic carbocycles. The minimum Gasteiger partial charge on any atom is -0.258 e. The van der Waals surface area contributed by atoms with Gasteiger partial charge in [-0.3, -0.25) is 10.1 Å². The Labute approximate surface area is 102 Å². The zero-order valence-corrected chi connectivity index (χ0v) is 10.5. The zero-order chi connectivity index (χ0) is 11.8. The molecule has 0 aliphatic rings. The maximum absolute atomic E-state index is 13.0. The summed E-state index contributed by atoms with van der Waals surface area (Å²) in [6.45, 7) is 0. The fourth-order valence-electron chi connectivity index (χ4n) is 0.878. The monoisotopic (exact) mass is 365 g/mol. The summed E-state index contributed by atoms with van der Waals surface area (Å²) in [4.78, 5) is 8.97. The summed E-state index contributed by atoms with van der Waals surface area (Å²) in [7, 11) is 0.903. The van der Waals surface area contributed by atoms with Crippen LogP contribution in [0, 0.1) is 19.5 Å². The van der Waals surface area contributed by atoms with Crippen LogP contribution in [0.5, 0.6) is 0 Å². The first-order valence-corrected chi connectivity index (χ1v) is 6.71. The van der Waals surface area contributed by atoms with E-state index >= 15 is 0 Å². The molecular formula is C6H2ClFINO4S. The topological polar surface area (TPSA) is 77.3 Å². The molecule has 82 valence electrons. The number of hydrogen-bond donors (Lipinski definition) is 0. The molecule has 1 aromatic rings. The molecule has 0 N–H and O–H groups in total. The summed E-state index contributed by atoms with van der Waals surface area (Å²) < 4.78 is 34.6. The number of nitrogens with zero attached hydrogens (tertiary/aromatic N) is 1. The van der Waals surface area contributed by atoms with Crippen LogP contribution in [0.2, 0.25) is 0 Å². The van der Waals surface area contributed by atoms with Gasteiger partial charge >= 0.3 is 5.69 Å². The highest BCUT2D eigenvalue weighted by Gasteiger charge is 2.26. The third kappa shape index (κ3) is 2.55. The highest BCUT2D eigenvalue weighted by Crippen LogP contribution is 2.31. The Kier molecular flexibility index (Phi) is 3.51. The van der Waals surface area contributed by atoms with Crippen LogP contribution in [0.15, 0.2) is 17.0 Å². The third-order valence-electron chi connectivity index (χ3n) is 1.48. The van der Waals surface area contributed by atoms with Crippen LogP contribution < -0.4 is 0 Å². The van der Waals surface area contributed by atoms with Crippen molar-refractivity contribution in [2.45, 2.75) is 4.90 Å². The zero-order valence-electron chi connectivity index (χ0n) is 6.78. The molecule has 0 aliphatic heterocycles. The molecule has 5 nitrogen and oxygen atoms in total. The first-order chi connectivity index (χ1) is 6.75. The van der Waals surface area contributed by atoms with Gasteiger partial charge in [-0.1, -0.05) is 0 Å². The van der Waals surface area contributed by atoms with Gasteiger partial charge in [0.15, 0.2) is 0 Å². The van der Waals surface area contributed by atoms with Crippen LogP contribution in [0.25, 0.3) is 0 Å². The van der Waals surface area contributed by atoms with Crippen molar-refractivity contribution < 1.29 is 17.7 Å². The molecule has 0 atom stereocenters. The molecule has 15 heavy (non-hydrogen) atoms. The second kappa shape index (κ2) is 4.18. The van der Waals surface area contributed by atoms with E-state index in [0.29, 0.717) is 6.07 Å². The number of halogens is 3. The molecule has 0 spiro atoms. The minimum atomic E-state index is -4.11. The molecule has 0 saturated heterocycles. The lowest BCUT2D eigenvalue weighted by Crippen LogP contribution is -2.02. The standard InChI is InChI=1S/C6H2ClFINO4S/c7-15(13,14)4-2-1-3(8)6(5(4)9)10(11)12/h1-2H. The largest absolute Gasteiger partial charge is 0.319 e. The van der Waals surface area contributed by atoms with Gasteiger partial charge in [0.25, 0.3) is 9.05 Å². The predicted molar refractivity (Wildman–Crippen MR) is 58.8 cm³/mol. The van der Waals surface area contributed by atoms with Crippen molar-refractivity contribution in [2.75, 3.05) is 0 Å². The van der Waals surface area contributed by atoms with E-state index in [1.807, 2.05) is 0 Å². The van der Waals surface area contributed by atoms with E-state index in [2.05, 4.69) is 0 Å². The Morgan fingerprint density at radius 1 is 1.47 bits per heavy atom. The second-order valence-corrected chi connectivity index (χ2v) is 6.02. The smallest absolute Gasteiger partial charge is 0.258 e.